The Kier molecular flexibility index (Phi) is 4.96. The number of amides is 1. The van der Waals surface area contributed by atoms with E-state index >= 15 is 0 Å². The van der Waals surface area contributed by atoms with E-state index in [1.54, 1.807) is 24.3 Å². The van der Waals surface area contributed by atoms with Crippen molar-refractivity contribution in [3.63, 3.8) is 0 Å². The largest absolute Gasteiger partial charge is 0.369 e. The van der Waals surface area contributed by atoms with Gasteiger partial charge in [0.05, 0.1) is 22.4 Å². The third-order valence-corrected chi connectivity index (χ3v) is 4.54. The van der Waals surface area contributed by atoms with Crippen LogP contribution in [0.3, 0.4) is 0 Å². The van der Waals surface area contributed by atoms with Gasteiger partial charge < -0.3 is 9.64 Å². The normalized spacial score (nSPS) is 19.8. The van der Waals surface area contributed by atoms with Crippen LogP contribution in [0.2, 0.25) is 0 Å². The predicted octanol–water partition coefficient (Wildman–Crippen LogP) is 2.30. The molecule has 1 N–H and O–H groups in total. The molecular formula is C16H20BrN5O2. The average Bonchev–Trinajstić information content (AvgIpc) is 2.97. The van der Waals surface area contributed by atoms with E-state index in [1.807, 2.05) is 13.8 Å². The molecule has 2 aromatic rings. The van der Waals surface area contributed by atoms with Crippen LogP contribution in [0, 0.1) is 0 Å². The summed E-state index contributed by atoms with van der Waals surface area (Å²) in [6.45, 7) is 4.51. The molecule has 0 aliphatic carbocycles. The lowest BCUT2D eigenvalue weighted by atomic mass is 9.99. The Morgan fingerprint density at radius 1 is 1.42 bits per heavy atom. The topological polar surface area (TPSA) is 84.0 Å². The second-order valence-corrected chi connectivity index (χ2v) is 6.97. The van der Waals surface area contributed by atoms with E-state index in [9.17, 15) is 4.79 Å². The molecule has 3 heterocycles. The van der Waals surface area contributed by atoms with E-state index in [4.69, 9.17) is 4.74 Å². The van der Waals surface area contributed by atoms with Crippen molar-refractivity contribution >= 4 is 21.8 Å². The number of aromatic amines is 1. The molecular weight excluding hydrogens is 374 g/mol. The molecule has 2 atom stereocenters. The van der Waals surface area contributed by atoms with Crippen molar-refractivity contribution in [1.82, 2.24) is 25.1 Å². The Morgan fingerprint density at radius 3 is 2.83 bits per heavy atom. The van der Waals surface area contributed by atoms with Crippen LogP contribution >= 0.6 is 15.9 Å². The number of likely N-dealkylation sites (N-methyl/N-ethyl adjacent to an activating group) is 1. The van der Waals surface area contributed by atoms with Crippen LogP contribution in [0.15, 0.2) is 16.9 Å². The maximum Gasteiger partial charge on any atom is 0.274 e. The van der Waals surface area contributed by atoms with Gasteiger partial charge in [0, 0.05) is 44.4 Å². The second-order valence-electron chi connectivity index (χ2n) is 6.05. The first-order valence-electron chi connectivity index (χ1n) is 7.90. The molecule has 3 rings (SSSR count). The molecule has 1 aliphatic heterocycles. The molecule has 0 spiro atoms. The third kappa shape index (κ3) is 3.49. The molecule has 24 heavy (non-hydrogen) atoms. The van der Waals surface area contributed by atoms with Gasteiger partial charge in [0.25, 0.3) is 5.91 Å². The Labute approximate surface area is 149 Å². The summed E-state index contributed by atoms with van der Waals surface area (Å²) in [5, 5.41) is 7.20. The lowest BCUT2D eigenvalue weighted by Crippen LogP contribution is -2.31. The molecule has 7 nitrogen and oxygen atoms in total. The van der Waals surface area contributed by atoms with Gasteiger partial charge >= 0.3 is 0 Å². The highest BCUT2D eigenvalue weighted by Crippen LogP contribution is 2.30. The molecule has 2 aromatic heterocycles. The number of hydrogen-bond acceptors (Lipinski definition) is 5. The lowest BCUT2D eigenvalue weighted by Gasteiger charge is -2.25. The van der Waals surface area contributed by atoms with E-state index < -0.39 is 0 Å². The van der Waals surface area contributed by atoms with Crippen molar-refractivity contribution < 1.29 is 9.53 Å². The zero-order valence-electron chi connectivity index (χ0n) is 13.9. The minimum Gasteiger partial charge on any atom is -0.369 e. The minimum absolute atomic E-state index is 0.0701. The van der Waals surface area contributed by atoms with E-state index in [2.05, 4.69) is 36.1 Å². The fourth-order valence-electron chi connectivity index (χ4n) is 2.87. The van der Waals surface area contributed by atoms with Crippen LogP contribution in [-0.2, 0) is 17.6 Å². The van der Waals surface area contributed by atoms with Crippen molar-refractivity contribution in [3.8, 4) is 0 Å². The Morgan fingerprint density at radius 2 is 2.12 bits per heavy atom. The molecule has 0 unspecified atom stereocenters. The zero-order chi connectivity index (χ0) is 17.3. The van der Waals surface area contributed by atoms with E-state index in [0.717, 1.165) is 15.7 Å². The molecule has 0 aromatic carbocycles. The number of carbonyl (C=O) groups is 1. The van der Waals surface area contributed by atoms with Gasteiger partial charge in [0.1, 0.15) is 5.82 Å². The van der Waals surface area contributed by atoms with Crippen LogP contribution in [-0.4, -0.2) is 50.7 Å². The van der Waals surface area contributed by atoms with Crippen molar-refractivity contribution in [2.45, 2.75) is 38.9 Å². The summed E-state index contributed by atoms with van der Waals surface area (Å²) in [6.07, 6.45) is 4.71. The Balaban J connectivity index is 1.69. The first-order valence-corrected chi connectivity index (χ1v) is 8.69. The van der Waals surface area contributed by atoms with Gasteiger partial charge in [-0.3, -0.25) is 9.89 Å². The Bertz CT molecular complexity index is 731. The van der Waals surface area contributed by atoms with Crippen LogP contribution in [0.1, 0.15) is 47.5 Å². The van der Waals surface area contributed by atoms with E-state index in [1.165, 1.54) is 0 Å². The standard InChI is InChI=1S/C16H20BrN5O2/c1-9-6-12-14(10(2)24-9)20-21-15(12)16(23)22(3)5-4-13-18-7-11(17)8-19-13/h7-10H,4-6H2,1-3H3,(H,20,21)/t9-,10+/m1/s1. The SMILES string of the molecule is C[C@@H]1Cc2c(C(=O)N(C)CCc3ncc(Br)cn3)n[nH]c2[C@H](C)O1. The van der Waals surface area contributed by atoms with Gasteiger partial charge in [0.15, 0.2) is 5.69 Å². The highest BCUT2D eigenvalue weighted by molar-refractivity contribution is 9.10. The summed E-state index contributed by atoms with van der Waals surface area (Å²) < 4.78 is 6.60. The summed E-state index contributed by atoms with van der Waals surface area (Å²) in [6, 6.07) is 0. The fourth-order valence-corrected chi connectivity index (χ4v) is 3.07. The number of fused-ring (bicyclic) bond motifs is 1. The number of halogens is 1. The number of ether oxygens (including phenoxy) is 1. The van der Waals surface area contributed by atoms with Gasteiger partial charge in [0.2, 0.25) is 0 Å². The number of rotatable bonds is 4. The summed E-state index contributed by atoms with van der Waals surface area (Å²) in [7, 11) is 1.77. The molecule has 0 saturated carbocycles. The molecule has 0 bridgehead atoms. The molecule has 1 aliphatic rings. The number of nitrogens with one attached hydrogen (secondary N) is 1. The van der Waals surface area contributed by atoms with Crippen LogP contribution in [0.5, 0.6) is 0 Å². The first-order chi connectivity index (χ1) is 11.5. The van der Waals surface area contributed by atoms with E-state index in [0.29, 0.717) is 30.9 Å². The summed E-state index contributed by atoms with van der Waals surface area (Å²) >= 11 is 3.31. The van der Waals surface area contributed by atoms with Gasteiger partial charge in [-0.2, -0.15) is 5.10 Å². The number of hydrogen-bond donors (Lipinski definition) is 1. The van der Waals surface area contributed by atoms with Crippen molar-refractivity contribution in [1.29, 1.82) is 0 Å². The van der Waals surface area contributed by atoms with Crippen molar-refractivity contribution in [2.75, 3.05) is 13.6 Å². The monoisotopic (exact) mass is 393 g/mol. The molecule has 0 fully saturated rings. The number of H-pyrrole nitrogens is 1. The maximum atomic E-state index is 12.7. The summed E-state index contributed by atoms with van der Waals surface area (Å²) in [5.41, 5.74) is 2.37. The van der Waals surface area contributed by atoms with Crippen LogP contribution in [0.4, 0.5) is 0 Å². The predicted molar refractivity (Wildman–Crippen MR) is 91.7 cm³/mol. The third-order valence-electron chi connectivity index (χ3n) is 4.13. The fraction of sp³-hybridized carbons (Fsp3) is 0.500. The smallest absolute Gasteiger partial charge is 0.274 e. The number of carbonyl (C=O) groups excluding carboxylic acids is 1. The summed E-state index contributed by atoms with van der Waals surface area (Å²) in [4.78, 5) is 22.8. The molecule has 1 amide bonds. The Hall–Kier alpha value is -1.80. The zero-order valence-corrected chi connectivity index (χ0v) is 15.5. The summed E-state index contributed by atoms with van der Waals surface area (Å²) in [5.74, 6) is 0.614. The van der Waals surface area contributed by atoms with Gasteiger partial charge in [-0.1, -0.05) is 0 Å². The van der Waals surface area contributed by atoms with Gasteiger partial charge in [-0.15, -0.1) is 0 Å². The molecule has 8 heteroatoms. The molecule has 0 saturated heterocycles. The minimum atomic E-state index is -0.0917. The van der Waals surface area contributed by atoms with Gasteiger partial charge in [-0.25, -0.2) is 9.97 Å². The van der Waals surface area contributed by atoms with Crippen molar-refractivity contribution in [2.24, 2.45) is 0 Å². The van der Waals surface area contributed by atoms with Crippen molar-refractivity contribution in [3.05, 3.63) is 39.6 Å². The molecule has 0 radical (unpaired) electrons. The second kappa shape index (κ2) is 6.98. The highest BCUT2D eigenvalue weighted by atomic mass is 79.9. The maximum absolute atomic E-state index is 12.7. The first kappa shape index (κ1) is 17.0. The lowest BCUT2D eigenvalue weighted by molar-refractivity contribution is -0.00701. The average molecular weight is 394 g/mol. The van der Waals surface area contributed by atoms with Crippen LogP contribution < -0.4 is 0 Å². The van der Waals surface area contributed by atoms with Crippen LogP contribution in [0.25, 0.3) is 0 Å². The number of aromatic nitrogens is 4. The number of nitrogens with zero attached hydrogens (tertiary/aromatic N) is 4. The quantitative estimate of drug-likeness (QED) is 0.861. The molecule has 128 valence electrons. The highest BCUT2D eigenvalue weighted by Gasteiger charge is 2.30. The van der Waals surface area contributed by atoms with Gasteiger partial charge in [-0.05, 0) is 29.8 Å². The van der Waals surface area contributed by atoms with E-state index in [-0.39, 0.29) is 18.1 Å².